The molecular formula is C12H22N2O2. The molecule has 1 saturated carbocycles. The van der Waals surface area contributed by atoms with Crippen LogP contribution in [-0.4, -0.2) is 36.2 Å². The maximum atomic E-state index is 11.9. The minimum absolute atomic E-state index is 0.0109. The normalized spacial score (nSPS) is 35.7. The van der Waals surface area contributed by atoms with Crippen molar-refractivity contribution >= 4 is 5.91 Å². The van der Waals surface area contributed by atoms with Crippen LogP contribution in [0.5, 0.6) is 0 Å². The number of rotatable bonds is 2. The van der Waals surface area contributed by atoms with Crippen LogP contribution in [0.2, 0.25) is 0 Å². The summed E-state index contributed by atoms with van der Waals surface area (Å²) in [6.45, 7) is 1.81. The van der Waals surface area contributed by atoms with E-state index in [0.717, 1.165) is 51.6 Å². The van der Waals surface area contributed by atoms with Gasteiger partial charge in [-0.15, -0.1) is 0 Å². The molecule has 0 spiro atoms. The van der Waals surface area contributed by atoms with Gasteiger partial charge in [-0.1, -0.05) is 12.8 Å². The van der Waals surface area contributed by atoms with E-state index in [0.29, 0.717) is 0 Å². The number of carbonyl (C=O) groups is 1. The minimum atomic E-state index is -0.339. The smallest absolute Gasteiger partial charge is 0.224 e. The Morgan fingerprint density at radius 3 is 2.69 bits per heavy atom. The highest BCUT2D eigenvalue weighted by atomic mass is 16.3. The fraction of sp³-hybridized carbons (Fsp3) is 0.917. The van der Waals surface area contributed by atoms with Crippen LogP contribution >= 0.6 is 0 Å². The van der Waals surface area contributed by atoms with Crippen LogP contribution in [0.15, 0.2) is 0 Å². The second-order valence-electron chi connectivity index (χ2n) is 5.01. The van der Waals surface area contributed by atoms with Crippen LogP contribution < -0.4 is 10.6 Å². The van der Waals surface area contributed by atoms with Crippen molar-refractivity contribution in [3.05, 3.63) is 0 Å². The van der Waals surface area contributed by atoms with Gasteiger partial charge in [-0.25, -0.2) is 0 Å². The molecule has 0 aromatic heterocycles. The van der Waals surface area contributed by atoms with Crippen LogP contribution in [-0.2, 0) is 4.79 Å². The molecule has 4 heteroatoms. The first-order valence-corrected chi connectivity index (χ1v) is 6.46. The quantitative estimate of drug-likeness (QED) is 0.639. The van der Waals surface area contributed by atoms with Crippen molar-refractivity contribution in [3.63, 3.8) is 0 Å². The van der Waals surface area contributed by atoms with Crippen LogP contribution in [0.1, 0.15) is 38.5 Å². The van der Waals surface area contributed by atoms with Gasteiger partial charge < -0.3 is 15.7 Å². The Hall–Kier alpha value is -0.610. The van der Waals surface area contributed by atoms with Crippen molar-refractivity contribution < 1.29 is 9.90 Å². The third kappa shape index (κ3) is 2.95. The van der Waals surface area contributed by atoms with Crippen LogP contribution in [0, 0.1) is 5.92 Å². The van der Waals surface area contributed by atoms with Crippen molar-refractivity contribution in [3.8, 4) is 0 Å². The summed E-state index contributed by atoms with van der Waals surface area (Å²) in [6.07, 6.45) is 5.66. The van der Waals surface area contributed by atoms with Gasteiger partial charge in [-0.05, 0) is 32.2 Å². The fourth-order valence-corrected chi connectivity index (χ4v) is 2.66. The van der Waals surface area contributed by atoms with Gasteiger partial charge in [0.1, 0.15) is 0 Å². The third-order valence-electron chi connectivity index (χ3n) is 3.72. The van der Waals surface area contributed by atoms with E-state index in [9.17, 15) is 9.90 Å². The zero-order valence-corrected chi connectivity index (χ0v) is 9.74. The lowest BCUT2D eigenvalue weighted by molar-refractivity contribution is -0.127. The minimum Gasteiger partial charge on any atom is -0.391 e. The standard InChI is InChI=1S/C12H22N2O2/c15-11-6-2-1-5-10(11)14-12(16)9-4-3-7-13-8-9/h9-11,13,15H,1-8H2,(H,14,16)/t9-,10-,11-/m0/s1. The zero-order valence-electron chi connectivity index (χ0n) is 9.74. The van der Waals surface area contributed by atoms with E-state index in [2.05, 4.69) is 10.6 Å². The first kappa shape index (κ1) is 11.9. The molecule has 4 nitrogen and oxygen atoms in total. The first-order chi connectivity index (χ1) is 7.77. The Labute approximate surface area is 96.8 Å². The van der Waals surface area contributed by atoms with Gasteiger partial charge in [-0.2, -0.15) is 0 Å². The molecule has 2 aliphatic rings. The molecule has 2 rings (SSSR count). The van der Waals surface area contributed by atoms with E-state index in [1.165, 1.54) is 0 Å². The molecule has 1 saturated heterocycles. The highest BCUT2D eigenvalue weighted by Gasteiger charge is 2.28. The van der Waals surface area contributed by atoms with Crippen molar-refractivity contribution in [2.45, 2.75) is 50.7 Å². The van der Waals surface area contributed by atoms with Gasteiger partial charge in [-0.3, -0.25) is 4.79 Å². The van der Waals surface area contributed by atoms with Gasteiger partial charge in [0.25, 0.3) is 0 Å². The summed E-state index contributed by atoms with van der Waals surface area (Å²) in [7, 11) is 0. The van der Waals surface area contributed by atoms with Crippen molar-refractivity contribution in [2.75, 3.05) is 13.1 Å². The molecule has 1 amide bonds. The van der Waals surface area contributed by atoms with Crippen LogP contribution in [0.25, 0.3) is 0 Å². The number of aliphatic hydroxyl groups is 1. The summed E-state index contributed by atoms with van der Waals surface area (Å²) in [5.41, 5.74) is 0. The topological polar surface area (TPSA) is 61.4 Å². The number of amides is 1. The molecule has 0 aromatic rings. The molecule has 1 heterocycles. The average molecular weight is 226 g/mol. The van der Waals surface area contributed by atoms with E-state index < -0.39 is 0 Å². The van der Waals surface area contributed by atoms with Crippen molar-refractivity contribution in [1.82, 2.24) is 10.6 Å². The maximum absolute atomic E-state index is 11.9. The Bertz CT molecular complexity index is 239. The van der Waals surface area contributed by atoms with Gasteiger partial charge >= 0.3 is 0 Å². The fourth-order valence-electron chi connectivity index (χ4n) is 2.66. The van der Waals surface area contributed by atoms with Crippen molar-refractivity contribution in [2.24, 2.45) is 5.92 Å². The summed E-state index contributed by atoms with van der Waals surface area (Å²) in [5, 5.41) is 16.0. The molecule has 2 fully saturated rings. The molecule has 3 atom stereocenters. The van der Waals surface area contributed by atoms with Gasteiger partial charge in [0.15, 0.2) is 0 Å². The summed E-state index contributed by atoms with van der Waals surface area (Å²) in [4.78, 5) is 11.9. The number of piperidine rings is 1. The van der Waals surface area contributed by atoms with Gasteiger partial charge in [0.05, 0.1) is 18.1 Å². The lowest BCUT2D eigenvalue weighted by atomic mass is 9.91. The lowest BCUT2D eigenvalue weighted by Crippen LogP contribution is -2.49. The molecule has 1 aliphatic heterocycles. The van der Waals surface area contributed by atoms with E-state index in [4.69, 9.17) is 0 Å². The second kappa shape index (κ2) is 5.64. The largest absolute Gasteiger partial charge is 0.391 e. The highest BCUT2D eigenvalue weighted by Crippen LogP contribution is 2.19. The predicted octanol–water partition coefficient (Wildman–Crippen LogP) is 0.406. The SMILES string of the molecule is O=C(N[C@H]1CCCC[C@@H]1O)[C@H]1CCCNC1. The van der Waals surface area contributed by atoms with Crippen LogP contribution in [0.4, 0.5) is 0 Å². The van der Waals surface area contributed by atoms with E-state index >= 15 is 0 Å². The van der Waals surface area contributed by atoms with Crippen LogP contribution in [0.3, 0.4) is 0 Å². The Morgan fingerprint density at radius 2 is 2.00 bits per heavy atom. The molecule has 1 aliphatic carbocycles. The summed E-state index contributed by atoms with van der Waals surface area (Å²) < 4.78 is 0. The summed E-state index contributed by atoms with van der Waals surface area (Å²) in [6, 6.07) is -0.0109. The van der Waals surface area contributed by atoms with E-state index in [1.807, 2.05) is 0 Å². The molecule has 0 bridgehead atoms. The summed E-state index contributed by atoms with van der Waals surface area (Å²) >= 11 is 0. The molecule has 3 N–H and O–H groups in total. The first-order valence-electron chi connectivity index (χ1n) is 6.46. The number of hydrogen-bond donors (Lipinski definition) is 3. The maximum Gasteiger partial charge on any atom is 0.224 e. The third-order valence-corrected chi connectivity index (χ3v) is 3.72. The van der Waals surface area contributed by atoms with E-state index in [1.54, 1.807) is 0 Å². The van der Waals surface area contributed by atoms with E-state index in [-0.39, 0.29) is 24.0 Å². The Morgan fingerprint density at radius 1 is 1.19 bits per heavy atom. The summed E-state index contributed by atoms with van der Waals surface area (Å²) in [5.74, 6) is 0.223. The zero-order chi connectivity index (χ0) is 11.4. The van der Waals surface area contributed by atoms with Crippen molar-refractivity contribution in [1.29, 1.82) is 0 Å². The molecule has 0 aromatic carbocycles. The number of hydrogen-bond acceptors (Lipinski definition) is 3. The lowest BCUT2D eigenvalue weighted by Gasteiger charge is -2.31. The Kier molecular flexibility index (Phi) is 4.18. The average Bonchev–Trinajstić information content (AvgIpc) is 2.33. The van der Waals surface area contributed by atoms with Gasteiger partial charge in [0.2, 0.25) is 5.91 Å². The molecule has 0 radical (unpaired) electrons. The highest BCUT2D eigenvalue weighted by molar-refractivity contribution is 5.79. The predicted molar refractivity (Wildman–Crippen MR) is 62.0 cm³/mol. The molecule has 16 heavy (non-hydrogen) atoms. The number of carbonyl (C=O) groups excluding carboxylic acids is 1. The monoisotopic (exact) mass is 226 g/mol. The van der Waals surface area contributed by atoms with Gasteiger partial charge in [0, 0.05) is 6.54 Å². The number of aliphatic hydroxyl groups excluding tert-OH is 1. The second-order valence-corrected chi connectivity index (χ2v) is 5.01. The molecule has 92 valence electrons. The number of nitrogens with one attached hydrogen (secondary N) is 2. The Balaban J connectivity index is 1.80. The molecule has 0 unspecified atom stereocenters. The molecular weight excluding hydrogens is 204 g/mol.